The number of methoxy groups -OCH3 is 1. The quantitative estimate of drug-likeness (QED) is 0.522. The number of unbranched alkanes of at least 4 members (excludes halogenated alkanes) is 3. The summed E-state index contributed by atoms with van der Waals surface area (Å²) in [5.41, 5.74) is 0. The zero-order valence-electron chi connectivity index (χ0n) is 7.67. The molecule has 0 saturated carbocycles. The number of rotatable bonds is 5. The minimum absolute atomic E-state index is 0. The summed E-state index contributed by atoms with van der Waals surface area (Å²) in [5, 5.41) is 0. The van der Waals surface area contributed by atoms with Gasteiger partial charge in [-0.3, -0.25) is 4.79 Å². The Balaban J connectivity index is -0.000000405. The van der Waals surface area contributed by atoms with Crippen LogP contribution in [0.25, 0.3) is 0 Å². The Hall–Kier alpha value is 0.0500. The van der Waals surface area contributed by atoms with E-state index in [9.17, 15) is 4.79 Å². The molecule has 12 heavy (non-hydrogen) atoms. The van der Waals surface area contributed by atoms with Crippen LogP contribution in [-0.4, -0.2) is 13.1 Å². The van der Waals surface area contributed by atoms with E-state index in [1.165, 1.54) is 20.0 Å². The van der Waals surface area contributed by atoms with E-state index in [4.69, 9.17) is 0 Å². The third-order valence-electron chi connectivity index (χ3n) is 1.46. The van der Waals surface area contributed by atoms with Crippen molar-refractivity contribution in [2.45, 2.75) is 39.0 Å². The van der Waals surface area contributed by atoms with E-state index in [1.54, 1.807) is 0 Å². The molecule has 0 unspecified atom stereocenters. The van der Waals surface area contributed by atoms with Gasteiger partial charge in [-0.15, -0.1) is 24.8 Å². The second kappa shape index (κ2) is 13.6. The zero-order valence-corrected chi connectivity index (χ0v) is 9.30. The summed E-state index contributed by atoms with van der Waals surface area (Å²) in [6.07, 6.45) is 5.13. The second-order valence-corrected chi connectivity index (χ2v) is 2.39. The number of esters is 1. The van der Waals surface area contributed by atoms with Gasteiger partial charge in [0.25, 0.3) is 0 Å². The SMILES string of the molecule is CCCCCCC(=O)OC.Cl.Cl. The lowest BCUT2D eigenvalue weighted by Gasteiger charge is -1.97. The van der Waals surface area contributed by atoms with Gasteiger partial charge in [-0.2, -0.15) is 0 Å². The van der Waals surface area contributed by atoms with Crippen molar-refractivity contribution in [2.24, 2.45) is 0 Å². The molecule has 0 amide bonds. The summed E-state index contributed by atoms with van der Waals surface area (Å²) < 4.78 is 4.49. The van der Waals surface area contributed by atoms with Crippen LogP contribution in [0.5, 0.6) is 0 Å². The van der Waals surface area contributed by atoms with Crippen LogP contribution in [-0.2, 0) is 9.53 Å². The number of ether oxygens (including phenoxy) is 1. The van der Waals surface area contributed by atoms with Gasteiger partial charge < -0.3 is 4.74 Å². The predicted molar refractivity (Wildman–Crippen MR) is 55.3 cm³/mol. The van der Waals surface area contributed by atoms with Crippen LogP contribution in [0.15, 0.2) is 0 Å². The molecule has 0 radical (unpaired) electrons. The summed E-state index contributed by atoms with van der Waals surface area (Å²) in [7, 11) is 1.43. The zero-order chi connectivity index (χ0) is 7.82. The Kier molecular flexibility index (Phi) is 20.4. The molecule has 0 aromatic carbocycles. The normalized spacial score (nSPS) is 7.83. The maximum Gasteiger partial charge on any atom is 0.305 e. The first-order chi connectivity index (χ1) is 4.81. The number of carbonyl (C=O) groups is 1. The second-order valence-electron chi connectivity index (χ2n) is 2.39. The molecule has 0 aliphatic rings. The third kappa shape index (κ3) is 12.7. The summed E-state index contributed by atoms with van der Waals surface area (Å²) >= 11 is 0. The monoisotopic (exact) mass is 216 g/mol. The van der Waals surface area contributed by atoms with Crippen LogP contribution in [0.4, 0.5) is 0 Å². The fraction of sp³-hybridized carbons (Fsp3) is 0.875. The van der Waals surface area contributed by atoms with Gasteiger partial charge in [-0.05, 0) is 6.42 Å². The summed E-state index contributed by atoms with van der Waals surface area (Å²) in [5.74, 6) is -0.0869. The molecule has 0 spiro atoms. The molecule has 0 aromatic rings. The van der Waals surface area contributed by atoms with Gasteiger partial charge in [0.1, 0.15) is 0 Å². The van der Waals surface area contributed by atoms with E-state index in [2.05, 4.69) is 11.7 Å². The molecule has 76 valence electrons. The van der Waals surface area contributed by atoms with Crippen molar-refractivity contribution in [1.82, 2.24) is 0 Å². The van der Waals surface area contributed by atoms with E-state index < -0.39 is 0 Å². The van der Waals surface area contributed by atoms with Crippen LogP contribution < -0.4 is 0 Å². The van der Waals surface area contributed by atoms with Gasteiger partial charge in [0.2, 0.25) is 0 Å². The lowest BCUT2D eigenvalue weighted by molar-refractivity contribution is -0.140. The fourth-order valence-corrected chi connectivity index (χ4v) is 0.798. The molecule has 2 nitrogen and oxygen atoms in total. The lowest BCUT2D eigenvalue weighted by Crippen LogP contribution is -1.98. The molecule has 0 aliphatic heterocycles. The van der Waals surface area contributed by atoms with E-state index in [-0.39, 0.29) is 30.8 Å². The van der Waals surface area contributed by atoms with Crippen molar-refractivity contribution in [1.29, 1.82) is 0 Å². The number of hydrogen-bond donors (Lipinski definition) is 0. The summed E-state index contributed by atoms with van der Waals surface area (Å²) in [6, 6.07) is 0. The average molecular weight is 217 g/mol. The van der Waals surface area contributed by atoms with Crippen LogP contribution in [0.2, 0.25) is 0 Å². The minimum Gasteiger partial charge on any atom is -0.469 e. The van der Waals surface area contributed by atoms with E-state index in [1.807, 2.05) is 0 Å². The summed E-state index contributed by atoms with van der Waals surface area (Å²) in [6.45, 7) is 2.15. The average Bonchev–Trinajstić information content (AvgIpc) is 1.98. The van der Waals surface area contributed by atoms with Crippen LogP contribution in [0.1, 0.15) is 39.0 Å². The molecule has 0 aromatic heterocycles. The maximum absolute atomic E-state index is 10.6. The maximum atomic E-state index is 10.6. The standard InChI is InChI=1S/C8H16O2.2ClH/c1-3-4-5-6-7-8(9)10-2;;/h3-7H2,1-2H3;2*1H. The highest BCUT2D eigenvalue weighted by Gasteiger charge is 1.97. The largest absolute Gasteiger partial charge is 0.469 e. The predicted octanol–water partition coefficient (Wildman–Crippen LogP) is 2.97. The number of halogens is 2. The molecule has 0 atom stereocenters. The van der Waals surface area contributed by atoms with Crippen molar-refractivity contribution in [3.63, 3.8) is 0 Å². The third-order valence-corrected chi connectivity index (χ3v) is 1.46. The van der Waals surface area contributed by atoms with Crippen molar-refractivity contribution in [2.75, 3.05) is 7.11 Å². The fourth-order valence-electron chi connectivity index (χ4n) is 0.798. The van der Waals surface area contributed by atoms with Crippen LogP contribution in [0.3, 0.4) is 0 Å². The van der Waals surface area contributed by atoms with E-state index >= 15 is 0 Å². The number of carbonyl (C=O) groups excluding carboxylic acids is 1. The number of hydrogen-bond acceptors (Lipinski definition) is 2. The van der Waals surface area contributed by atoms with Crippen molar-refractivity contribution in [3.8, 4) is 0 Å². The Morgan fingerprint density at radius 3 is 2.17 bits per heavy atom. The smallest absolute Gasteiger partial charge is 0.305 e. The lowest BCUT2D eigenvalue weighted by atomic mass is 10.2. The molecular weight excluding hydrogens is 199 g/mol. The van der Waals surface area contributed by atoms with Gasteiger partial charge in [-0.25, -0.2) is 0 Å². The van der Waals surface area contributed by atoms with Crippen LogP contribution in [0, 0.1) is 0 Å². The van der Waals surface area contributed by atoms with Gasteiger partial charge in [0.05, 0.1) is 7.11 Å². The van der Waals surface area contributed by atoms with E-state index in [0.717, 1.165) is 12.8 Å². The van der Waals surface area contributed by atoms with Gasteiger partial charge in [-0.1, -0.05) is 26.2 Å². The molecule has 0 bridgehead atoms. The van der Waals surface area contributed by atoms with Crippen molar-refractivity contribution < 1.29 is 9.53 Å². The van der Waals surface area contributed by atoms with Crippen LogP contribution >= 0.6 is 24.8 Å². The summed E-state index contributed by atoms with van der Waals surface area (Å²) in [4.78, 5) is 10.6. The highest BCUT2D eigenvalue weighted by Crippen LogP contribution is 2.02. The first-order valence-corrected chi connectivity index (χ1v) is 3.88. The molecule has 0 aliphatic carbocycles. The Morgan fingerprint density at radius 2 is 1.75 bits per heavy atom. The minimum atomic E-state index is -0.0869. The molecular formula is C8H18Cl2O2. The molecule has 0 rings (SSSR count). The molecule has 0 fully saturated rings. The van der Waals surface area contributed by atoms with Gasteiger partial charge in [0.15, 0.2) is 0 Å². The van der Waals surface area contributed by atoms with Gasteiger partial charge >= 0.3 is 5.97 Å². The van der Waals surface area contributed by atoms with E-state index in [0.29, 0.717) is 6.42 Å². The first kappa shape index (κ1) is 18.0. The Morgan fingerprint density at radius 1 is 1.17 bits per heavy atom. The first-order valence-electron chi connectivity index (χ1n) is 3.88. The molecule has 0 heterocycles. The Bertz CT molecular complexity index is 97.1. The molecule has 0 N–H and O–H groups in total. The Labute approximate surface area is 86.9 Å². The highest BCUT2D eigenvalue weighted by atomic mass is 35.5. The van der Waals surface area contributed by atoms with Gasteiger partial charge in [0, 0.05) is 6.42 Å². The molecule has 0 saturated heterocycles. The highest BCUT2D eigenvalue weighted by molar-refractivity contribution is 5.85. The van der Waals surface area contributed by atoms with Crippen molar-refractivity contribution >= 4 is 30.8 Å². The van der Waals surface area contributed by atoms with Crippen molar-refractivity contribution in [3.05, 3.63) is 0 Å². The topological polar surface area (TPSA) is 26.3 Å². The molecule has 4 heteroatoms.